The Bertz CT molecular complexity index is 1170. The number of methoxy groups -OCH3 is 1. The highest BCUT2D eigenvalue weighted by molar-refractivity contribution is 6.08. The van der Waals surface area contributed by atoms with Crippen molar-refractivity contribution in [2.75, 3.05) is 46.2 Å². The summed E-state index contributed by atoms with van der Waals surface area (Å²) < 4.78 is 5.47. The lowest BCUT2D eigenvalue weighted by atomic mass is 9.95. The molecule has 1 saturated heterocycles. The second kappa shape index (κ2) is 10.2. The van der Waals surface area contributed by atoms with Crippen LogP contribution in [0.2, 0.25) is 0 Å². The summed E-state index contributed by atoms with van der Waals surface area (Å²) in [6.45, 7) is 1.67. The van der Waals surface area contributed by atoms with Crippen LogP contribution in [-0.2, 0) is 11.3 Å². The van der Waals surface area contributed by atoms with Crippen molar-refractivity contribution in [2.45, 2.75) is 19.4 Å². The van der Waals surface area contributed by atoms with Gasteiger partial charge in [0.15, 0.2) is 0 Å². The molecule has 2 amide bonds. The van der Waals surface area contributed by atoms with Crippen LogP contribution in [0, 0.1) is 5.92 Å². The van der Waals surface area contributed by atoms with E-state index in [4.69, 9.17) is 4.74 Å². The quantitative estimate of drug-likeness (QED) is 0.547. The number of fused-ring (bicyclic) bond motifs is 1. The minimum Gasteiger partial charge on any atom is -0.496 e. The molecule has 0 bridgehead atoms. The molecule has 178 valence electrons. The van der Waals surface area contributed by atoms with Crippen LogP contribution < -0.4 is 9.64 Å². The number of benzene rings is 3. The number of rotatable bonds is 6. The highest BCUT2D eigenvalue weighted by Crippen LogP contribution is 2.30. The second-order valence-corrected chi connectivity index (χ2v) is 9.21. The van der Waals surface area contributed by atoms with Crippen LogP contribution in [0.1, 0.15) is 28.8 Å². The molecule has 0 radical (unpaired) electrons. The first-order valence-corrected chi connectivity index (χ1v) is 11.7. The van der Waals surface area contributed by atoms with E-state index in [1.807, 2.05) is 62.4 Å². The Balaban J connectivity index is 1.46. The number of carbonyl (C=O) groups excluding carboxylic acids is 2. The fraction of sp³-hybridized carbons (Fsp3) is 0.357. The van der Waals surface area contributed by atoms with Crippen molar-refractivity contribution in [2.24, 2.45) is 5.92 Å². The van der Waals surface area contributed by atoms with Gasteiger partial charge in [-0.2, -0.15) is 0 Å². The van der Waals surface area contributed by atoms with E-state index >= 15 is 0 Å². The predicted octanol–water partition coefficient (Wildman–Crippen LogP) is 4.43. The molecule has 1 aliphatic rings. The number of anilines is 1. The summed E-state index contributed by atoms with van der Waals surface area (Å²) in [4.78, 5) is 32.4. The van der Waals surface area contributed by atoms with Crippen molar-refractivity contribution in [3.8, 4) is 5.75 Å². The summed E-state index contributed by atoms with van der Waals surface area (Å²) in [6, 6.07) is 19.7. The summed E-state index contributed by atoms with van der Waals surface area (Å²) in [5, 5.41) is 1.79. The normalized spacial score (nSPS) is 15.8. The van der Waals surface area contributed by atoms with E-state index in [0.29, 0.717) is 25.2 Å². The smallest absolute Gasteiger partial charge is 0.254 e. The topological polar surface area (TPSA) is 53.1 Å². The van der Waals surface area contributed by atoms with Crippen LogP contribution in [0.15, 0.2) is 60.7 Å². The first-order valence-electron chi connectivity index (χ1n) is 11.7. The summed E-state index contributed by atoms with van der Waals surface area (Å²) in [7, 11) is 7.50. The number of nitrogens with zero attached hydrogens (tertiary/aromatic N) is 3. The Morgan fingerprint density at radius 3 is 2.35 bits per heavy atom. The van der Waals surface area contributed by atoms with Gasteiger partial charge in [0, 0.05) is 57.4 Å². The van der Waals surface area contributed by atoms with Gasteiger partial charge in [-0.1, -0.05) is 36.4 Å². The third kappa shape index (κ3) is 4.86. The van der Waals surface area contributed by atoms with Crippen molar-refractivity contribution in [1.29, 1.82) is 0 Å². The van der Waals surface area contributed by atoms with E-state index in [1.54, 1.807) is 12.0 Å². The molecule has 1 unspecified atom stereocenters. The van der Waals surface area contributed by atoms with E-state index in [-0.39, 0.29) is 17.7 Å². The number of carbonyl (C=O) groups is 2. The van der Waals surface area contributed by atoms with Gasteiger partial charge in [-0.3, -0.25) is 9.59 Å². The van der Waals surface area contributed by atoms with E-state index < -0.39 is 0 Å². The third-order valence-corrected chi connectivity index (χ3v) is 6.64. The predicted molar refractivity (Wildman–Crippen MR) is 136 cm³/mol. The maximum absolute atomic E-state index is 13.5. The molecule has 1 fully saturated rings. The van der Waals surface area contributed by atoms with Crippen LogP contribution >= 0.6 is 0 Å². The molecule has 0 spiro atoms. The Morgan fingerprint density at radius 1 is 0.971 bits per heavy atom. The molecule has 6 nitrogen and oxygen atoms in total. The molecular weight excluding hydrogens is 426 g/mol. The molecule has 1 heterocycles. The van der Waals surface area contributed by atoms with Gasteiger partial charge < -0.3 is 19.4 Å². The zero-order valence-electron chi connectivity index (χ0n) is 20.5. The van der Waals surface area contributed by atoms with Gasteiger partial charge in [0.05, 0.1) is 13.0 Å². The molecule has 6 heteroatoms. The Morgan fingerprint density at radius 2 is 1.68 bits per heavy atom. The van der Waals surface area contributed by atoms with Gasteiger partial charge in [-0.25, -0.2) is 0 Å². The van der Waals surface area contributed by atoms with E-state index in [9.17, 15) is 9.59 Å². The lowest BCUT2D eigenvalue weighted by molar-refractivity contribution is -0.136. The summed E-state index contributed by atoms with van der Waals surface area (Å²) in [5.74, 6) is 0.624. The minimum absolute atomic E-state index is 0.0294. The largest absolute Gasteiger partial charge is 0.496 e. The minimum atomic E-state index is -0.187. The molecule has 1 aliphatic heterocycles. The maximum Gasteiger partial charge on any atom is 0.254 e. The number of hydrogen-bond donors (Lipinski definition) is 0. The number of hydrogen-bond acceptors (Lipinski definition) is 4. The van der Waals surface area contributed by atoms with Crippen LogP contribution in [0.4, 0.5) is 5.69 Å². The summed E-state index contributed by atoms with van der Waals surface area (Å²) in [5.41, 5.74) is 2.87. The number of piperidine rings is 1. The van der Waals surface area contributed by atoms with E-state index in [0.717, 1.165) is 40.6 Å². The SMILES string of the molecule is COc1ccc(C(=O)N2CCCC(C(=O)N(C)Cc3ccc(N(C)C)cc3)C2)c2ccccc12. The van der Waals surface area contributed by atoms with Gasteiger partial charge in [0.2, 0.25) is 5.91 Å². The average molecular weight is 460 g/mol. The van der Waals surface area contributed by atoms with Crippen molar-refractivity contribution in [3.63, 3.8) is 0 Å². The lowest BCUT2D eigenvalue weighted by Crippen LogP contribution is -2.45. The molecule has 1 atom stereocenters. The van der Waals surface area contributed by atoms with Gasteiger partial charge >= 0.3 is 0 Å². The number of amides is 2. The monoisotopic (exact) mass is 459 g/mol. The molecular formula is C28H33N3O3. The van der Waals surface area contributed by atoms with Crippen molar-refractivity contribution < 1.29 is 14.3 Å². The van der Waals surface area contributed by atoms with Gasteiger partial charge in [0.1, 0.15) is 5.75 Å². The molecule has 0 aromatic heterocycles. The van der Waals surface area contributed by atoms with Gasteiger partial charge in [-0.05, 0) is 48.1 Å². The first-order chi connectivity index (χ1) is 16.4. The van der Waals surface area contributed by atoms with Crippen molar-refractivity contribution in [3.05, 3.63) is 71.8 Å². The second-order valence-electron chi connectivity index (χ2n) is 9.21. The molecule has 0 N–H and O–H groups in total. The molecule has 3 aromatic carbocycles. The fourth-order valence-electron chi connectivity index (χ4n) is 4.73. The van der Waals surface area contributed by atoms with Crippen LogP contribution in [0.25, 0.3) is 10.8 Å². The molecule has 0 aliphatic carbocycles. The Kier molecular flexibility index (Phi) is 7.06. The zero-order chi connectivity index (χ0) is 24.2. The number of ether oxygens (including phenoxy) is 1. The van der Waals surface area contributed by atoms with Gasteiger partial charge in [0.25, 0.3) is 5.91 Å². The zero-order valence-corrected chi connectivity index (χ0v) is 20.5. The standard InChI is InChI=1S/C28H33N3O3/c1-29(2)22-13-11-20(12-14-22)18-30(3)27(32)21-8-7-17-31(19-21)28(33)25-15-16-26(34-4)24-10-6-5-9-23(24)25/h5-6,9-16,21H,7-8,17-19H2,1-4H3. The van der Waals surface area contributed by atoms with E-state index in [1.165, 1.54) is 0 Å². The van der Waals surface area contributed by atoms with Crippen LogP contribution in [-0.4, -0.2) is 63.0 Å². The van der Waals surface area contributed by atoms with E-state index in [2.05, 4.69) is 29.2 Å². The lowest BCUT2D eigenvalue weighted by Gasteiger charge is -2.34. The summed E-state index contributed by atoms with van der Waals surface area (Å²) >= 11 is 0. The Labute approximate surface area is 201 Å². The fourth-order valence-corrected chi connectivity index (χ4v) is 4.73. The van der Waals surface area contributed by atoms with Crippen molar-refractivity contribution in [1.82, 2.24) is 9.80 Å². The highest BCUT2D eigenvalue weighted by Gasteiger charge is 2.31. The molecule has 0 saturated carbocycles. The average Bonchev–Trinajstić information content (AvgIpc) is 2.87. The highest BCUT2D eigenvalue weighted by atomic mass is 16.5. The Hall–Kier alpha value is -3.54. The van der Waals surface area contributed by atoms with Gasteiger partial charge in [-0.15, -0.1) is 0 Å². The molecule has 34 heavy (non-hydrogen) atoms. The maximum atomic E-state index is 13.5. The number of likely N-dealkylation sites (tertiary alicyclic amines) is 1. The van der Waals surface area contributed by atoms with Crippen LogP contribution in [0.5, 0.6) is 5.75 Å². The summed E-state index contributed by atoms with van der Waals surface area (Å²) in [6.07, 6.45) is 1.62. The molecule has 3 aromatic rings. The third-order valence-electron chi connectivity index (χ3n) is 6.64. The first kappa shape index (κ1) is 23.6. The van der Waals surface area contributed by atoms with Crippen molar-refractivity contribution >= 4 is 28.3 Å². The van der Waals surface area contributed by atoms with Crippen LogP contribution in [0.3, 0.4) is 0 Å². The molecule has 4 rings (SSSR count).